The minimum atomic E-state index is -0.151. The third kappa shape index (κ3) is 5.45. The summed E-state index contributed by atoms with van der Waals surface area (Å²) < 4.78 is 0. The van der Waals surface area contributed by atoms with Crippen LogP contribution < -0.4 is 20.9 Å². The summed E-state index contributed by atoms with van der Waals surface area (Å²) in [5.74, 6) is 2.23. The number of urea groups is 1. The highest BCUT2D eigenvalue weighted by Gasteiger charge is 2.51. The fourth-order valence-corrected chi connectivity index (χ4v) is 6.82. The zero-order valence-electron chi connectivity index (χ0n) is 20.7. The summed E-state index contributed by atoms with van der Waals surface area (Å²) >= 11 is 0. The Bertz CT molecular complexity index is 829. The molecular formula is C26H41N5O2. The summed E-state index contributed by atoms with van der Waals surface area (Å²) in [7, 11) is 3.85. The van der Waals surface area contributed by atoms with Crippen molar-refractivity contribution in [3.8, 4) is 0 Å². The van der Waals surface area contributed by atoms with Gasteiger partial charge in [0.25, 0.3) is 5.91 Å². The molecule has 1 aromatic rings. The molecule has 4 saturated carbocycles. The fraction of sp³-hybridized carbons (Fsp3) is 0.692. The van der Waals surface area contributed by atoms with Crippen molar-refractivity contribution in [3.63, 3.8) is 0 Å². The van der Waals surface area contributed by atoms with Crippen LogP contribution >= 0.6 is 0 Å². The monoisotopic (exact) mass is 455 g/mol. The molecule has 7 heteroatoms. The van der Waals surface area contributed by atoms with Gasteiger partial charge in [0.2, 0.25) is 0 Å². The fourth-order valence-electron chi connectivity index (χ4n) is 6.82. The summed E-state index contributed by atoms with van der Waals surface area (Å²) in [6.45, 7) is 7.60. The van der Waals surface area contributed by atoms with Crippen LogP contribution in [-0.2, 0) is 0 Å². The van der Waals surface area contributed by atoms with E-state index >= 15 is 0 Å². The number of nitrogens with one attached hydrogen (secondary N) is 3. The molecule has 0 aromatic heterocycles. The van der Waals surface area contributed by atoms with Gasteiger partial charge in [0.1, 0.15) is 0 Å². The maximum absolute atomic E-state index is 13.0. The molecule has 4 bridgehead atoms. The van der Waals surface area contributed by atoms with E-state index in [1.54, 1.807) is 6.07 Å². The molecule has 33 heavy (non-hydrogen) atoms. The lowest BCUT2D eigenvalue weighted by atomic mass is 9.53. The zero-order chi connectivity index (χ0) is 23.6. The van der Waals surface area contributed by atoms with Crippen LogP contribution in [0.5, 0.6) is 0 Å². The summed E-state index contributed by atoms with van der Waals surface area (Å²) in [6, 6.07) is 5.42. The van der Waals surface area contributed by atoms with Gasteiger partial charge >= 0.3 is 6.03 Å². The predicted octanol–water partition coefficient (Wildman–Crippen LogP) is 3.91. The van der Waals surface area contributed by atoms with Crippen LogP contribution in [0.3, 0.4) is 0 Å². The number of hydrogen-bond acceptors (Lipinski definition) is 4. The molecule has 182 valence electrons. The van der Waals surface area contributed by atoms with E-state index in [1.807, 2.05) is 31.1 Å². The van der Waals surface area contributed by atoms with Crippen LogP contribution in [0.15, 0.2) is 18.2 Å². The molecule has 4 aliphatic rings. The lowest BCUT2D eigenvalue weighted by Gasteiger charge is -2.56. The number of hydrogen-bond donors (Lipinski definition) is 3. The van der Waals surface area contributed by atoms with Crippen molar-refractivity contribution in [1.29, 1.82) is 0 Å². The van der Waals surface area contributed by atoms with Crippen molar-refractivity contribution in [1.82, 2.24) is 15.5 Å². The van der Waals surface area contributed by atoms with E-state index in [4.69, 9.17) is 0 Å². The number of carbonyl (C=O) groups is 2. The molecule has 0 aliphatic heterocycles. The Morgan fingerprint density at radius 2 is 1.61 bits per heavy atom. The number of rotatable bonds is 9. The molecule has 0 saturated heterocycles. The van der Waals surface area contributed by atoms with Crippen LogP contribution in [0.4, 0.5) is 16.2 Å². The molecule has 1 aromatic carbocycles. The van der Waals surface area contributed by atoms with Gasteiger partial charge in [-0.3, -0.25) is 4.79 Å². The summed E-state index contributed by atoms with van der Waals surface area (Å²) in [5, 5.41) is 9.41. The highest BCUT2D eigenvalue weighted by molar-refractivity contribution is 6.02. The lowest BCUT2D eigenvalue weighted by Crippen LogP contribution is -2.60. The smallest absolute Gasteiger partial charge is 0.319 e. The van der Waals surface area contributed by atoms with E-state index in [-0.39, 0.29) is 17.5 Å². The lowest BCUT2D eigenvalue weighted by molar-refractivity contribution is -0.0127. The zero-order valence-corrected chi connectivity index (χ0v) is 20.7. The minimum Gasteiger partial charge on any atom is -0.377 e. The highest BCUT2D eigenvalue weighted by atomic mass is 16.2. The van der Waals surface area contributed by atoms with Gasteiger partial charge in [0.15, 0.2) is 0 Å². The largest absolute Gasteiger partial charge is 0.377 e. The number of amides is 3. The van der Waals surface area contributed by atoms with Crippen LogP contribution in [0.2, 0.25) is 0 Å². The molecule has 0 spiro atoms. The first-order valence-electron chi connectivity index (χ1n) is 12.7. The second-order valence-corrected chi connectivity index (χ2v) is 10.7. The van der Waals surface area contributed by atoms with Crippen LogP contribution in [0, 0.1) is 17.8 Å². The van der Waals surface area contributed by atoms with E-state index in [1.165, 1.54) is 19.3 Å². The maximum Gasteiger partial charge on any atom is 0.319 e. The summed E-state index contributed by atoms with van der Waals surface area (Å²) in [4.78, 5) is 30.2. The first-order valence-corrected chi connectivity index (χ1v) is 12.7. The number of anilines is 2. The summed E-state index contributed by atoms with van der Waals surface area (Å²) in [5.41, 5.74) is 2.03. The normalized spacial score (nSPS) is 27.5. The molecular weight excluding hydrogens is 414 g/mol. The molecule has 4 aliphatic carbocycles. The SMILES string of the molecule is CCN(CC)CCNC(=O)c1cc(NC(=O)NC23CC4CC(CC(C4)C2)C3)ccc1N(C)C. The third-order valence-corrected chi connectivity index (χ3v) is 8.01. The van der Waals surface area contributed by atoms with Crippen LogP contribution in [0.1, 0.15) is 62.7 Å². The Hall–Kier alpha value is -2.28. The number of carbonyl (C=O) groups excluding carboxylic acids is 2. The van der Waals surface area contributed by atoms with Gasteiger partial charge in [-0.25, -0.2) is 4.79 Å². The topological polar surface area (TPSA) is 76.7 Å². The van der Waals surface area contributed by atoms with Crippen molar-refractivity contribution in [3.05, 3.63) is 23.8 Å². The average Bonchev–Trinajstić information content (AvgIpc) is 2.75. The van der Waals surface area contributed by atoms with Crippen molar-refractivity contribution in [2.75, 3.05) is 50.5 Å². The molecule has 0 atom stereocenters. The Labute approximate surface area is 198 Å². The van der Waals surface area contributed by atoms with Crippen molar-refractivity contribution >= 4 is 23.3 Å². The van der Waals surface area contributed by atoms with Gasteiger partial charge in [-0.15, -0.1) is 0 Å². The number of likely N-dealkylation sites (N-methyl/N-ethyl adjacent to an activating group) is 1. The first kappa shape index (κ1) is 23.9. The quantitative estimate of drug-likeness (QED) is 0.528. The van der Waals surface area contributed by atoms with Crippen molar-refractivity contribution in [2.45, 2.75) is 57.9 Å². The van der Waals surface area contributed by atoms with Gasteiger partial charge < -0.3 is 25.8 Å². The third-order valence-electron chi connectivity index (χ3n) is 8.01. The molecule has 7 nitrogen and oxygen atoms in total. The molecule has 0 radical (unpaired) electrons. The van der Waals surface area contributed by atoms with Gasteiger partial charge in [-0.2, -0.15) is 0 Å². The van der Waals surface area contributed by atoms with Crippen molar-refractivity contribution < 1.29 is 9.59 Å². The number of nitrogens with zero attached hydrogens (tertiary/aromatic N) is 2. The molecule has 3 N–H and O–H groups in total. The van der Waals surface area contributed by atoms with Gasteiger partial charge in [0, 0.05) is 44.1 Å². The van der Waals surface area contributed by atoms with E-state index < -0.39 is 0 Å². The van der Waals surface area contributed by atoms with E-state index in [2.05, 4.69) is 34.7 Å². The Kier molecular flexibility index (Phi) is 7.17. The van der Waals surface area contributed by atoms with Crippen LogP contribution in [0.25, 0.3) is 0 Å². The maximum atomic E-state index is 13.0. The second kappa shape index (κ2) is 9.92. The number of benzene rings is 1. The van der Waals surface area contributed by atoms with Gasteiger partial charge in [-0.05, 0) is 87.6 Å². The Morgan fingerprint density at radius 3 is 2.15 bits per heavy atom. The highest BCUT2D eigenvalue weighted by Crippen LogP contribution is 2.55. The van der Waals surface area contributed by atoms with Gasteiger partial charge in [0.05, 0.1) is 5.56 Å². The average molecular weight is 456 g/mol. The van der Waals surface area contributed by atoms with Crippen molar-refractivity contribution in [2.24, 2.45) is 17.8 Å². The predicted molar refractivity (Wildman–Crippen MR) is 134 cm³/mol. The molecule has 5 rings (SSSR count). The summed E-state index contributed by atoms with van der Waals surface area (Å²) in [6.07, 6.45) is 7.40. The van der Waals surface area contributed by atoms with E-state index in [0.717, 1.165) is 62.3 Å². The van der Waals surface area contributed by atoms with E-state index in [9.17, 15) is 9.59 Å². The Balaban J connectivity index is 1.40. The standard InChI is InChI=1S/C26H41N5O2/c1-5-31(6-2)10-9-27-24(32)22-14-21(7-8-23(22)30(3)4)28-25(33)29-26-15-18-11-19(16-26)13-20(12-18)17-26/h7-8,14,18-20H,5-6,9-13,15-17H2,1-4H3,(H,27,32)(H2,28,29,33). The Morgan fingerprint density at radius 1 is 1.00 bits per heavy atom. The van der Waals surface area contributed by atoms with Gasteiger partial charge in [-0.1, -0.05) is 13.8 Å². The minimum absolute atomic E-state index is 0.0347. The van der Waals surface area contributed by atoms with E-state index in [0.29, 0.717) is 17.8 Å². The second-order valence-electron chi connectivity index (χ2n) is 10.7. The molecule has 0 unspecified atom stereocenters. The first-order chi connectivity index (χ1) is 15.8. The molecule has 0 heterocycles. The molecule has 3 amide bonds. The molecule has 4 fully saturated rings. The van der Waals surface area contributed by atoms with Crippen LogP contribution in [-0.4, -0.2) is 62.7 Å².